The number of carbonyl (C=O) groups excluding carboxylic acids is 3. The molecule has 0 aliphatic heterocycles. The summed E-state index contributed by atoms with van der Waals surface area (Å²) in [5, 5.41) is 10.5. The molecule has 3 amide bonds. The second-order valence-corrected chi connectivity index (χ2v) is 9.97. The van der Waals surface area contributed by atoms with Gasteiger partial charge in [-0.1, -0.05) is 61.2 Å². The van der Waals surface area contributed by atoms with E-state index in [0.29, 0.717) is 5.69 Å². The minimum atomic E-state index is -0.733. The lowest BCUT2D eigenvalue weighted by Crippen LogP contribution is -2.47. The molecule has 1 atom stereocenters. The summed E-state index contributed by atoms with van der Waals surface area (Å²) in [5.41, 5.74) is 4.42. The van der Waals surface area contributed by atoms with Crippen molar-refractivity contribution in [3.05, 3.63) is 70.8 Å². The summed E-state index contributed by atoms with van der Waals surface area (Å²) in [4.78, 5) is 39.3. The third-order valence-corrected chi connectivity index (χ3v) is 7.16. The number of anilines is 2. The van der Waals surface area contributed by atoms with Crippen molar-refractivity contribution in [2.45, 2.75) is 58.9 Å². The summed E-state index contributed by atoms with van der Waals surface area (Å²) in [5.74, 6) is -0.846. The second-order valence-electron chi connectivity index (χ2n) is 9.97. The number of methoxy groups -OCH3 is 1. The lowest BCUT2D eigenvalue weighted by atomic mass is 9.83. The SMILES string of the molecule is COC(=O)[C@@H](NC(=O)c1cc2ccccc2cc1NC(=O)Nc1c(C)cc(C)cc1C)C1CCCCC1. The highest BCUT2D eigenvalue weighted by atomic mass is 16.5. The van der Waals surface area contributed by atoms with Crippen LogP contribution in [0.1, 0.15) is 59.2 Å². The number of esters is 1. The fourth-order valence-electron chi connectivity index (χ4n) is 5.36. The van der Waals surface area contributed by atoms with Crippen LogP contribution in [0.2, 0.25) is 0 Å². The van der Waals surface area contributed by atoms with E-state index in [1.165, 1.54) is 7.11 Å². The molecule has 3 aromatic rings. The molecule has 4 rings (SSSR count). The van der Waals surface area contributed by atoms with Gasteiger partial charge in [0.15, 0.2) is 0 Å². The average molecular weight is 502 g/mol. The number of carbonyl (C=O) groups is 3. The van der Waals surface area contributed by atoms with Crippen molar-refractivity contribution >= 4 is 40.1 Å². The van der Waals surface area contributed by atoms with E-state index >= 15 is 0 Å². The highest BCUT2D eigenvalue weighted by molar-refractivity contribution is 6.10. The number of amides is 3. The summed E-state index contributed by atoms with van der Waals surface area (Å²) < 4.78 is 5.03. The Balaban J connectivity index is 1.63. The molecule has 1 saturated carbocycles. The van der Waals surface area contributed by atoms with Gasteiger partial charge in [-0.25, -0.2) is 9.59 Å². The van der Waals surface area contributed by atoms with Crippen LogP contribution in [0, 0.1) is 26.7 Å². The molecule has 1 aliphatic carbocycles. The van der Waals surface area contributed by atoms with Crippen LogP contribution in [0.5, 0.6) is 0 Å². The first-order valence-corrected chi connectivity index (χ1v) is 12.8. The molecule has 0 radical (unpaired) electrons. The lowest BCUT2D eigenvalue weighted by molar-refractivity contribution is -0.144. The second kappa shape index (κ2) is 11.5. The van der Waals surface area contributed by atoms with Crippen LogP contribution < -0.4 is 16.0 Å². The van der Waals surface area contributed by atoms with Gasteiger partial charge in [0.1, 0.15) is 6.04 Å². The van der Waals surface area contributed by atoms with Crippen LogP contribution in [0.4, 0.5) is 16.2 Å². The molecule has 1 fully saturated rings. The molecule has 0 aromatic heterocycles. The Morgan fingerprint density at radius 1 is 0.865 bits per heavy atom. The Kier molecular flexibility index (Phi) is 8.11. The number of urea groups is 1. The summed E-state index contributed by atoms with van der Waals surface area (Å²) in [6, 6.07) is 14.0. The van der Waals surface area contributed by atoms with E-state index in [1.54, 1.807) is 12.1 Å². The van der Waals surface area contributed by atoms with Gasteiger partial charge in [-0.05, 0) is 73.6 Å². The first-order valence-electron chi connectivity index (χ1n) is 12.8. The standard InChI is InChI=1S/C30H35N3O4/c1-18-14-19(2)26(20(3)15-18)33-30(36)31-25-17-23-13-9-8-12-22(23)16-24(25)28(34)32-27(29(35)37-4)21-10-6-5-7-11-21/h8-9,12-17,21,27H,5-7,10-11H2,1-4H3,(H,32,34)(H2,31,33,36)/t27-/m0/s1. The summed E-state index contributed by atoms with van der Waals surface area (Å²) in [6.07, 6.45) is 4.90. The number of ether oxygens (including phenoxy) is 1. The number of fused-ring (bicyclic) bond motifs is 1. The first kappa shape index (κ1) is 26.2. The molecule has 37 heavy (non-hydrogen) atoms. The largest absolute Gasteiger partial charge is 0.467 e. The van der Waals surface area contributed by atoms with Crippen LogP contribution in [0.3, 0.4) is 0 Å². The van der Waals surface area contributed by atoms with E-state index in [9.17, 15) is 14.4 Å². The summed E-state index contributed by atoms with van der Waals surface area (Å²) >= 11 is 0. The number of aryl methyl sites for hydroxylation is 3. The van der Waals surface area contributed by atoms with E-state index in [4.69, 9.17) is 4.74 Å². The van der Waals surface area contributed by atoms with Crippen molar-refractivity contribution < 1.29 is 19.1 Å². The molecule has 0 spiro atoms. The molecule has 3 aromatic carbocycles. The summed E-state index contributed by atoms with van der Waals surface area (Å²) in [7, 11) is 1.34. The molecule has 1 aliphatic rings. The molecule has 7 nitrogen and oxygen atoms in total. The van der Waals surface area contributed by atoms with Crippen molar-refractivity contribution in [2.24, 2.45) is 5.92 Å². The maximum absolute atomic E-state index is 13.6. The predicted octanol–water partition coefficient (Wildman–Crippen LogP) is 6.26. The zero-order valence-corrected chi connectivity index (χ0v) is 21.9. The van der Waals surface area contributed by atoms with Gasteiger partial charge >= 0.3 is 12.0 Å². The number of rotatable bonds is 6. The van der Waals surface area contributed by atoms with Crippen LogP contribution in [0.15, 0.2) is 48.5 Å². The lowest BCUT2D eigenvalue weighted by Gasteiger charge is -2.29. The van der Waals surface area contributed by atoms with Gasteiger partial charge in [0.25, 0.3) is 5.91 Å². The normalized spacial score (nSPS) is 14.6. The monoisotopic (exact) mass is 501 g/mol. The number of hydrogen-bond acceptors (Lipinski definition) is 4. The molecule has 0 heterocycles. The third-order valence-electron chi connectivity index (χ3n) is 7.16. The molecule has 0 saturated heterocycles. The highest BCUT2D eigenvalue weighted by Gasteiger charge is 2.32. The topological polar surface area (TPSA) is 96.5 Å². The van der Waals surface area contributed by atoms with Crippen LogP contribution in [-0.2, 0) is 9.53 Å². The van der Waals surface area contributed by atoms with Gasteiger partial charge in [-0.3, -0.25) is 4.79 Å². The van der Waals surface area contributed by atoms with Gasteiger partial charge in [0.05, 0.1) is 18.4 Å². The van der Waals surface area contributed by atoms with Crippen molar-refractivity contribution in [1.82, 2.24) is 5.32 Å². The average Bonchev–Trinajstić information content (AvgIpc) is 2.88. The van der Waals surface area contributed by atoms with E-state index in [-0.39, 0.29) is 11.5 Å². The van der Waals surface area contributed by atoms with Gasteiger partial charge in [-0.15, -0.1) is 0 Å². The number of hydrogen-bond donors (Lipinski definition) is 3. The molecule has 7 heteroatoms. The Labute approximate surface area is 218 Å². The third kappa shape index (κ3) is 6.10. The molecule has 0 unspecified atom stereocenters. The molecular formula is C30H35N3O4. The van der Waals surface area contributed by atoms with E-state index in [0.717, 1.165) is 65.3 Å². The van der Waals surface area contributed by atoms with E-state index < -0.39 is 23.9 Å². The molecule has 3 N–H and O–H groups in total. The molecular weight excluding hydrogens is 466 g/mol. The Morgan fingerprint density at radius 3 is 2.11 bits per heavy atom. The van der Waals surface area contributed by atoms with Crippen LogP contribution >= 0.6 is 0 Å². The van der Waals surface area contributed by atoms with Gasteiger partial charge in [0.2, 0.25) is 0 Å². The zero-order valence-electron chi connectivity index (χ0n) is 21.9. The quantitative estimate of drug-likeness (QED) is 0.347. The van der Waals surface area contributed by atoms with E-state index in [1.807, 2.05) is 57.2 Å². The Bertz CT molecular complexity index is 1300. The highest BCUT2D eigenvalue weighted by Crippen LogP contribution is 2.29. The summed E-state index contributed by atoms with van der Waals surface area (Å²) in [6.45, 7) is 5.91. The van der Waals surface area contributed by atoms with Crippen LogP contribution in [-0.4, -0.2) is 31.1 Å². The number of nitrogens with one attached hydrogen (secondary N) is 3. The maximum atomic E-state index is 13.6. The number of benzene rings is 3. The van der Waals surface area contributed by atoms with Crippen molar-refractivity contribution in [2.75, 3.05) is 17.7 Å². The maximum Gasteiger partial charge on any atom is 0.328 e. The minimum absolute atomic E-state index is 0.0257. The van der Waals surface area contributed by atoms with Crippen molar-refractivity contribution in [1.29, 1.82) is 0 Å². The van der Waals surface area contributed by atoms with Crippen LogP contribution in [0.25, 0.3) is 10.8 Å². The smallest absolute Gasteiger partial charge is 0.328 e. The van der Waals surface area contributed by atoms with Gasteiger partial charge in [-0.2, -0.15) is 0 Å². The Morgan fingerprint density at radius 2 is 1.49 bits per heavy atom. The fourth-order valence-corrected chi connectivity index (χ4v) is 5.36. The molecule has 0 bridgehead atoms. The zero-order chi connectivity index (χ0) is 26.5. The van der Waals surface area contributed by atoms with Gasteiger partial charge < -0.3 is 20.7 Å². The Hall–Kier alpha value is -3.87. The predicted molar refractivity (Wildman–Crippen MR) is 147 cm³/mol. The fraction of sp³-hybridized carbons (Fsp3) is 0.367. The molecule has 194 valence electrons. The van der Waals surface area contributed by atoms with E-state index in [2.05, 4.69) is 16.0 Å². The first-order chi connectivity index (χ1) is 17.8. The van der Waals surface area contributed by atoms with Crippen molar-refractivity contribution in [3.8, 4) is 0 Å². The van der Waals surface area contributed by atoms with Crippen molar-refractivity contribution in [3.63, 3.8) is 0 Å². The van der Waals surface area contributed by atoms with Gasteiger partial charge in [0, 0.05) is 5.69 Å². The minimum Gasteiger partial charge on any atom is -0.467 e.